The molecule has 18 heavy (non-hydrogen) atoms. The number of anilines is 1. The third-order valence-electron chi connectivity index (χ3n) is 1.95. The molecule has 2 aromatic heterocycles. The fourth-order valence-electron chi connectivity index (χ4n) is 1.17. The largest absolute Gasteiger partial charge is 0.478 e. The molecule has 2 N–H and O–H groups in total. The molecule has 0 spiro atoms. The summed E-state index contributed by atoms with van der Waals surface area (Å²) in [5.74, 6) is -0.659. The number of nitrogens with one attached hydrogen (secondary N) is 1. The molecule has 2 rings (SSSR count). The first-order chi connectivity index (χ1) is 8.38. The van der Waals surface area contributed by atoms with Gasteiger partial charge in [0.2, 0.25) is 0 Å². The first kappa shape index (κ1) is 12.6. The minimum absolute atomic E-state index is 0.0535. The van der Waals surface area contributed by atoms with Gasteiger partial charge in [0.15, 0.2) is 5.82 Å². The molecule has 0 saturated carbocycles. The Labute approximate surface area is 106 Å². The zero-order chi connectivity index (χ0) is 13.3. The highest BCUT2D eigenvalue weighted by molar-refractivity contribution is 7.94. The van der Waals surface area contributed by atoms with Crippen LogP contribution in [0.15, 0.2) is 26.2 Å². The summed E-state index contributed by atoms with van der Waals surface area (Å²) in [5, 5.41) is 13.5. The lowest BCUT2D eigenvalue weighted by Crippen LogP contribution is -2.11. The van der Waals surface area contributed by atoms with Crippen molar-refractivity contribution in [2.45, 2.75) is 11.1 Å². The van der Waals surface area contributed by atoms with Gasteiger partial charge in [-0.15, -0.1) is 11.3 Å². The topological polar surface area (TPSA) is 110 Å². The van der Waals surface area contributed by atoms with Gasteiger partial charge in [0.1, 0.15) is 9.97 Å². The number of hydrogen-bond acceptors (Lipinski definition) is 6. The summed E-state index contributed by atoms with van der Waals surface area (Å²) in [6, 6.07) is 2.51. The van der Waals surface area contributed by atoms with Crippen molar-refractivity contribution < 1.29 is 22.8 Å². The molecule has 0 aromatic carbocycles. The molecule has 2 heterocycles. The number of thiophene rings is 1. The summed E-state index contributed by atoms with van der Waals surface area (Å²) in [7, 11) is -3.83. The number of aromatic carboxylic acids is 1. The summed E-state index contributed by atoms with van der Waals surface area (Å²) < 4.78 is 30.6. The van der Waals surface area contributed by atoms with Crippen LogP contribution in [-0.2, 0) is 10.0 Å². The molecule has 96 valence electrons. The van der Waals surface area contributed by atoms with Crippen molar-refractivity contribution in [2.24, 2.45) is 0 Å². The highest BCUT2D eigenvalue weighted by Crippen LogP contribution is 2.22. The lowest BCUT2D eigenvalue weighted by atomic mass is 10.4. The van der Waals surface area contributed by atoms with E-state index in [0.717, 1.165) is 17.4 Å². The molecule has 9 heteroatoms. The first-order valence-electron chi connectivity index (χ1n) is 4.66. The lowest BCUT2D eigenvalue weighted by Gasteiger charge is -2.00. The Morgan fingerprint density at radius 2 is 2.22 bits per heavy atom. The average molecular weight is 288 g/mol. The Morgan fingerprint density at radius 1 is 1.50 bits per heavy atom. The second kappa shape index (κ2) is 4.42. The minimum Gasteiger partial charge on any atom is -0.478 e. The molecule has 0 radical (unpaired) electrons. The number of sulfonamides is 1. The summed E-state index contributed by atoms with van der Waals surface area (Å²) in [6.07, 6.45) is 0. The van der Waals surface area contributed by atoms with E-state index in [4.69, 9.17) is 9.63 Å². The molecule has 7 nitrogen and oxygen atoms in total. The van der Waals surface area contributed by atoms with Crippen LogP contribution < -0.4 is 4.72 Å². The van der Waals surface area contributed by atoms with Crippen LogP contribution in [0.1, 0.15) is 16.1 Å². The Morgan fingerprint density at radius 3 is 2.72 bits per heavy atom. The van der Waals surface area contributed by atoms with Gasteiger partial charge in [-0.3, -0.25) is 4.72 Å². The number of aromatic nitrogens is 1. The fourth-order valence-corrected chi connectivity index (χ4v) is 3.31. The van der Waals surface area contributed by atoms with E-state index < -0.39 is 16.0 Å². The van der Waals surface area contributed by atoms with E-state index in [9.17, 15) is 13.2 Å². The van der Waals surface area contributed by atoms with Gasteiger partial charge in [-0.2, -0.15) is 0 Å². The van der Waals surface area contributed by atoms with Gasteiger partial charge in [-0.1, -0.05) is 5.16 Å². The van der Waals surface area contributed by atoms with E-state index in [1.165, 1.54) is 11.4 Å². The maximum Gasteiger partial charge on any atom is 0.336 e. The van der Waals surface area contributed by atoms with Crippen molar-refractivity contribution in [3.8, 4) is 0 Å². The predicted octanol–water partition coefficient (Wildman–Crippen LogP) is 1.54. The highest BCUT2D eigenvalue weighted by Gasteiger charge is 2.20. The van der Waals surface area contributed by atoms with E-state index in [1.807, 2.05) is 0 Å². The maximum atomic E-state index is 11.9. The number of rotatable bonds is 4. The number of nitrogens with zero attached hydrogens (tertiary/aromatic N) is 1. The highest BCUT2D eigenvalue weighted by atomic mass is 32.2. The van der Waals surface area contributed by atoms with Crippen molar-refractivity contribution in [2.75, 3.05) is 4.72 Å². The van der Waals surface area contributed by atoms with Gasteiger partial charge in [0.25, 0.3) is 10.0 Å². The van der Waals surface area contributed by atoms with Crippen molar-refractivity contribution in [1.29, 1.82) is 0 Å². The van der Waals surface area contributed by atoms with Gasteiger partial charge in [0, 0.05) is 11.4 Å². The van der Waals surface area contributed by atoms with Crippen molar-refractivity contribution in [3.05, 3.63) is 28.8 Å². The van der Waals surface area contributed by atoms with Crippen LogP contribution in [0.25, 0.3) is 0 Å². The molecule has 0 fully saturated rings. The van der Waals surface area contributed by atoms with Gasteiger partial charge in [0.05, 0.1) is 5.56 Å². The first-order valence-corrected chi connectivity index (χ1v) is 7.03. The second-order valence-electron chi connectivity index (χ2n) is 3.39. The van der Waals surface area contributed by atoms with Crippen LogP contribution in [0.5, 0.6) is 0 Å². The Kier molecular flexibility index (Phi) is 3.09. The van der Waals surface area contributed by atoms with Crippen molar-refractivity contribution in [1.82, 2.24) is 5.16 Å². The zero-order valence-corrected chi connectivity index (χ0v) is 10.7. The number of aryl methyl sites for hydroxylation is 1. The minimum atomic E-state index is -3.83. The molecule has 0 aliphatic carbocycles. The summed E-state index contributed by atoms with van der Waals surface area (Å²) in [6.45, 7) is 1.62. The van der Waals surface area contributed by atoms with E-state index in [0.29, 0.717) is 5.76 Å². The molecule has 0 bridgehead atoms. The smallest absolute Gasteiger partial charge is 0.336 e. The van der Waals surface area contributed by atoms with Crippen LogP contribution in [0.2, 0.25) is 0 Å². The zero-order valence-electron chi connectivity index (χ0n) is 9.08. The van der Waals surface area contributed by atoms with Crippen molar-refractivity contribution >= 4 is 33.1 Å². The monoisotopic (exact) mass is 288 g/mol. The van der Waals surface area contributed by atoms with Crippen LogP contribution in [0, 0.1) is 6.92 Å². The van der Waals surface area contributed by atoms with Crippen LogP contribution in [0.4, 0.5) is 5.82 Å². The predicted molar refractivity (Wildman–Crippen MR) is 63.3 cm³/mol. The molecule has 0 aliphatic heterocycles. The molecular weight excluding hydrogens is 280 g/mol. The molecule has 2 aromatic rings. The molecule has 0 aliphatic rings. The molecule has 0 atom stereocenters. The van der Waals surface area contributed by atoms with E-state index in [-0.39, 0.29) is 15.6 Å². The summed E-state index contributed by atoms with van der Waals surface area (Å²) >= 11 is 0.821. The van der Waals surface area contributed by atoms with E-state index in [1.54, 1.807) is 6.92 Å². The Balaban J connectivity index is 2.27. The third-order valence-corrected chi connectivity index (χ3v) is 4.75. The lowest BCUT2D eigenvalue weighted by molar-refractivity contribution is 0.0697. The van der Waals surface area contributed by atoms with Crippen LogP contribution in [0.3, 0.4) is 0 Å². The quantitative estimate of drug-likeness (QED) is 0.883. The van der Waals surface area contributed by atoms with Gasteiger partial charge in [-0.05, 0) is 13.0 Å². The number of hydrogen-bond donors (Lipinski definition) is 2. The average Bonchev–Trinajstić information content (AvgIpc) is 2.86. The van der Waals surface area contributed by atoms with Crippen molar-refractivity contribution in [3.63, 3.8) is 0 Å². The Hall–Kier alpha value is -1.87. The normalized spacial score (nSPS) is 11.4. The van der Waals surface area contributed by atoms with Crippen LogP contribution >= 0.6 is 11.3 Å². The number of carboxylic acid groups (broad SMARTS) is 1. The molecular formula is C9H8N2O5S2. The van der Waals surface area contributed by atoms with Gasteiger partial charge in [-0.25, -0.2) is 13.2 Å². The molecule has 0 unspecified atom stereocenters. The number of carbonyl (C=O) groups is 1. The molecule has 0 amide bonds. The van der Waals surface area contributed by atoms with E-state index >= 15 is 0 Å². The fraction of sp³-hybridized carbons (Fsp3) is 0.111. The SMILES string of the molecule is Cc1cc(NS(=O)(=O)c2cc(C(=O)O)cs2)no1. The third kappa shape index (κ3) is 2.51. The maximum absolute atomic E-state index is 11.9. The second-order valence-corrected chi connectivity index (χ2v) is 6.21. The summed E-state index contributed by atoms with van der Waals surface area (Å²) in [5.41, 5.74) is -0.0725. The summed E-state index contributed by atoms with van der Waals surface area (Å²) in [4.78, 5) is 10.7. The van der Waals surface area contributed by atoms with Crippen LogP contribution in [-0.4, -0.2) is 24.7 Å². The number of carboxylic acids is 1. The van der Waals surface area contributed by atoms with Gasteiger partial charge < -0.3 is 9.63 Å². The Bertz CT molecular complexity index is 685. The van der Waals surface area contributed by atoms with Gasteiger partial charge >= 0.3 is 5.97 Å². The molecule has 0 saturated heterocycles. The standard InChI is InChI=1S/C9H8N2O5S2/c1-5-2-7(10-16-5)11-18(14,15)8-3-6(4-17-8)9(12)13/h2-4H,1H3,(H,10,11)(H,12,13). The van der Waals surface area contributed by atoms with E-state index in [2.05, 4.69) is 9.88 Å².